The molecule has 0 aromatic heterocycles. The highest BCUT2D eigenvalue weighted by Gasteiger charge is 2.42. The zero-order valence-corrected chi connectivity index (χ0v) is 11.1. The van der Waals surface area contributed by atoms with Gasteiger partial charge in [0.05, 0.1) is 6.61 Å². The predicted molar refractivity (Wildman–Crippen MR) is 71.3 cm³/mol. The zero-order valence-electron chi connectivity index (χ0n) is 11.1. The maximum Gasteiger partial charge on any atom is 0.0553 e. The van der Waals surface area contributed by atoms with E-state index < -0.39 is 0 Å². The van der Waals surface area contributed by atoms with Crippen molar-refractivity contribution in [2.24, 2.45) is 5.73 Å². The second-order valence-corrected chi connectivity index (χ2v) is 5.88. The third kappa shape index (κ3) is 2.38. The summed E-state index contributed by atoms with van der Waals surface area (Å²) in [7, 11) is 1.75. The van der Waals surface area contributed by atoms with Gasteiger partial charge in [-0.3, -0.25) is 0 Å². The molecule has 2 heteroatoms. The van der Waals surface area contributed by atoms with E-state index in [0.717, 1.165) is 13.2 Å². The molecule has 0 heterocycles. The van der Waals surface area contributed by atoms with Gasteiger partial charge in [-0.05, 0) is 24.0 Å². The highest BCUT2D eigenvalue weighted by Crippen LogP contribution is 2.47. The van der Waals surface area contributed by atoms with Crippen LogP contribution in [0.1, 0.15) is 37.8 Å². The molecular weight excluding hydrogens is 210 g/mol. The first kappa shape index (κ1) is 12.6. The molecule has 0 radical (unpaired) electrons. The molecule has 1 aliphatic rings. The van der Waals surface area contributed by atoms with Gasteiger partial charge in [0.25, 0.3) is 0 Å². The van der Waals surface area contributed by atoms with Gasteiger partial charge < -0.3 is 10.5 Å². The van der Waals surface area contributed by atoms with Crippen LogP contribution in [0.3, 0.4) is 0 Å². The molecule has 0 spiro atoms. The van der Waals surface area contributed by atoms with Gasteiger partial charge in [0, 0.05) is 24.5 Å². The molecule has 1 aromatic carbocycles. The van der Waals surface area contributed by atoms with Crippen LogP contribution in [0.4, 0.5) is 0 Å². The fourth-order valence-electron chi connectivity index (χ4n) is 2.48. The topological polar surface area (TPSA) is 35.2 Å². The molecule has 2 nitrogen and oxygen atoms in total. The Kier molecular flexibility index (Phi) is 3.28. The minimum Gasteiger partial charge on any atom is -0.384 e. The van der Waals surface area contributed by atoms with Gasteiger partial charge in [-0.15, -0.1) is 0 Å². The van der Waals surface area contributed by atoms with E-state index in [2.05, 4.69) is 38.1 Å². The summed E-state index contributed by atoms with van der Waals surface area (Å²) in [5.41, 5.74) is 8.95. The van der Waals surface area contributed by atoms with Crippen molar-refractivity contribution in [1.29, 1.82) is 0 Å². The van der Waals surface area contributed by atoms with Gasteiger partial charge >= 0.3 is 0 Å². The molecule has 0 unspecified atom stereocenters. The first-order valence-electron chi connectivity index (χ1n) is 6.34. The Morgan fingerprint density at radius 3 is 2.24 bits per heavy atom. The SMILES string of the molecule is COCC(C)(C)c1ccc(C2(CN)CC2)cc1. The molecule has 0 atom stereocenters. The second-order valence-electron chi connectivity index (χ2n) is 5.88. The monoisotopic (exact) mass is 233 g/mol. The number of hydrogen-bond acceptors (Lipinski definition) is 2. The van der Waals surface area contributed by atoms with Crippen molar-refractivity contribution in [3.63, 3.8) is 0 Å². The molecule has 0 amide bonds. The summed E-state index contributed by atoms with van der Waals surface area (Å²) < 4.78 is 5.27. The lowest BCUT2D eigenvalue weighted by Gasteiger charge is -2.25. The van der Waals surface area contributed by atoms with Crippen LogP contribution in [0.2, 0.25) is 0 Å². The first-order valence-corrected chi connectivity index (χ1v) is 6.34. The van der Waals surface area contributed by atoms with Crippen molar-refractivity contribution in [2.45, 2.75) is 37.5 Å². The molecule has 1 aromatic rings. The van der Waals surface area contributed by atoms with E-state index in [1.165, 1.54) is 24.0 Å². The highest BCUT2D eigenvalue weighted by molar-refractivity contribution is 5.36. The zero-order chi connectivity index (χ0) is 12.5. The van der Waals surface area contributed by atoms with Crippen LogP contribution in [0.25, 0.3) is 0 Å². The molecule has 1 fully saturated rings. The predicted octanol–water partition coefficient (Wildman–Crippen LogP) is 2.60. The number of nitrogens with two attached hydrogens (primary N) is 1. The Morgan fingerprint density at radius 1 is 1.24 bits per heavy atom. The molecule has 0 bridgehead atoms. The van der Waals surface area contributed by atoms with E-state index >= 15 is 0 Å². The number of methoxy groups -OCH3 is 1. The van der Waals surface area contributed by atoms with Crippen molar-refractivity contribution < 1.29 is 4.74 Å². The summed E-state index contributed by atoms with van der Waals surface area (Å²) in [5.74, 6) is 0. The molecule has 2 rings (SSSR count). The van der Waals surface area contributed by atoms with Crippen molar-refractivity contribution in [1.82, 2.24) is 0 Å². The smallest absolute Gasteiger partial charge is 0.0553 e. The van der Waals surface area contributed by atoms with Crippen LogP contribution in [0.5, 0.6) is 0 Å². The molecule has 1 aliphatic carbocycles. The van der Waals surface area contributed by atoms with E-state index in [1.54, 1.807) is 7.11 Å². The van der Waals surface area contributed by atoms with Gasteiger partial charge in [-0.25, -0.2) is 0 Å². The third-order valence-electron chi connectivity index (χ3n) is 4.03. The van der Waals surface area contributed by atoms with Crippen molar-refractivity contribution in [3.05, 3.63) is 35.4 Å². The number of ether oxygens (including phenoxy) is 1. The summed E-state index contributed by atoms with van der Waals surface area (Å²) in [4.78, 5) is 0. The van der Waals surface area contributed by atoms with E-state index in [0.29, 0.717) is 5.41 Å². The van der Waals surface area contributed by atoms with Crippen LogP contribution in [0, 0.1) is 0 Å². The summed E-state index contributed by atoms with van der Waals surface area (Å²) in [6.07, 6.45) is 2.48. The van der Waals surface area contributed by atoms with E-state index in [-0.39, 0.29) is 5.41 Å². The fourth-order valence-corrected chi connectivity index (χ4v) is 2.48. The largest absolute Gasteiger partial charge is 0.384 e. The van der Waals surface area contributed by atoms with Crippen molar-refractivity contribution in [2.75, 3.05) is 20.3 Å². The Hall–Kier alpha value is -0.860. The number of rotatable bonds is 5. The fraction of sp³-hybridized carbons (Fsp3) is 0.600. The van der Waals surface area contributed by atoms with Gasteiger partial charge in [-0.2, -0.15) is 0 Å². The molecule has 0 aliphatic heterocycles. The Balaban J connectivity index is 2.18. The average molecular weight is 233 g/mol. The normalized spacial score (nSPS) is 18.1. The molecule has 94 valence electrons. The standard InChI is InChI=1S/C15H23NO/c1-14(2,11-17-3)12-4-6-13(7-5-12)15(10-16)8-9-15/h4-7H,8-11,16H2,1-3H3. The Morgan fingerprint density at radius 2 is 1.82 bits per heavy atom. The van der Waals surface area contributed by atoms with Crippen LogP contribution < -0.4 is 5.73 Å². The molecular formula is C15H23NO. The summed E-state index contributed by atoms with van der Waals surface area (Å²) in [6.45, 7) is 5.94. The summed E-state index contributed by atoms with van der Waals surface area (Å²) in [5, 5.41) is 0. The van der Waals surface area contributed by atoms with Crippen LogP contribution in [-0.4, -0.2) is 20.3 Å². The van der Waals surface area contributed by atoms with Crippen LogP contribution in [0.15, 0.2) is 24.3 Å². The number of hydrogen-bond donors (Lipinski definition) is 1. The van der Waals surface area contributed by atoms with Gasteiger partial charge in [-0.1, -0.05) is 38.1 Å². The third-order valence-corrected chi connectivity index (χ3v) is 4.03. The summed E-state index contributed by atoms with van der Waals surface area (Å²) >= 11 is 0. The van der Waals surface area contributed by atoms with Gasteiger partial charge in [0.2, 0.25) is 0 Å². The Labute approximate surface area is 104 Å². The second kappa shape index (κ2) is 4.43. The van der Waals surface area contributed by atoms with E-state index in [9.17, 15) is 0 Å². The van der Waals surface area contributed by atoms with E-state index in [4.69, 9.17) is 10.5 Å². The molecule has 1 saturated carbocycles. The minimum atomic E-state index is 0.0761. The lowest BCUT2D eigenvalue weighted by molar-refractivity contribution is 0.146. The highest BCUT2D eigenvalue weighted by atomic mass is 16.5. The van der Waals surface area contributed by atoms with Crippen LogP contribution >= 0.6 is 0 Å². The minimum absolute atomic E-state index is 0.0761. The maximum absolute atomic E-state index is 5.85. The van der Waals surface area contributed by atoms with Crippen molar-refractivity contribution in [3.8, 4) is 0 Å². The molecule has 17 heavy (non-hydrogen) atoms. The summed E-state index contributed by atoms with van der Waals surface area (Å²) in [6, 6.07) is 8.94. The van der Waals surface area contributed by atoms with Gasteiger partial charge in [0.1, 0.15) is 0 Å². The lowest BCUT2D eigenvalue weighted by Crippen LogP contribution is -2.24. The van der Waals surface area contributed by atoms with Crippen LogP contribution in [-0.2, 0) is 15.6 Å². The van der Waals surface area contributed by atoms with Gasteiger partial charge in [0.15, 0.2) is 0 Å². The molecule has 2 N–H and O–H groups in total. The Bertz CT molecular complexity index is 376. The van der Waals surface area contributed by atoms with Crippen molar-refractivity contribution >= 4 is 0 Å². The number of benzene rings is 1. The molecule has 0 saturated heterocycles. The quantitative estimate of drug-likeness (QED) is 0.848. The first-order chi connectivity index (χ1) is 8.04. The maximum atomic E-state index is 5.85. The van der Waals surface area contributed by atoms with E-state index in [1.807, 2.05) is 0 Å². The lowest BCUT2D eigenvalue weighted by atomic mass is 9.84. The average Bonchev–Trinajstić information content (AvgIpc) is 3.10.